The number of anilines is 2. The van der Waals surface area contributed by atoms with Gasteiger partial charge in [-0.1, -0.05) is 26.8 Å². The number of benzene rings is 1. The molecule has 0 atom stereocenters. The van der Waals surface area contributed by atoms with E-state index >= 15 is 0 Å². The van der Waals surface area contributed by atoms with Crippen LogP contribution in [0.2, 0.25) is 0 Å². The zero-order valence-electron chi connectivity index (χ0n) is 16.1. The maximum absolute atomic E-state index is 14.2. The van der Waals surface area contributed by atoms with Gasteiger partial charge in [0.25, 0.3) is 5.91 Å². The summed E-state index contributed by atoms with van der Waals surface area (Å²) in [7, 11) is 0. The van der Waals surface area contributed by atoms with Gasteiger partial charge in [-0.05, 0) is 31.2 Å². The molecule has 0 spiro atoms. The number of halogens is 2. The Bertz CT molecular complexity index is 792. The van der Waals surface area contributed by atoms with E-state index in [0.29, 0.717) is 0 Å². The molecule has 0 bridgehead atoms. The van der Waals surface area contributed by atoms with Crippen molar-refractivity contribution in [2.24, 2.45) is 0 Å². The lowest BCUT2D eigenvalue weighted by molar-refractivity contribution is 0.0821. The Morgan fingerprint density at radius 1 is 1.19 bits per heavy atom. The molecule has 3 rings (SSSR count). The fourth-order valence-corrected chi connectivity index (χ4v) is 2.80. The lowest BCUT2D eigenvalue weighted by Gasteiger charge is -2.38. The number of carbonyl (C=O) groups excluding carboxylic acids is 1. The second-order valence-corrected chi connectivity index (χ2v) is 6.17. The van der Waals surface area contributed by atoms with E-state index in [-0.39, 0.29) is 23.0 Å². The SMILES string of the molecule is CC.CCN1CC(NC(=O)c2c(F)cncc2Nc2ccc(C)cc2F)C1. The van der Waals surface area contributed by atoms with Gasteiger partial charge in [-0.3, -0.25) is 14.7 Å². The van der Waals surface area contributed by atoms with Gasteiger partial charge in [-0.25, -0.2) is 8.78 Å². The maximum Gasteiger partial charge on any atom is 0.256 e. The van der Waals surface area contributed by atoms with Crippen molar-refractivity contribution in [3.8, 4) is 0 Å². The highest BCUT2D eigenvalue weighted by molar-refractivity contribution is 6.00. The molecule has 0 aliphatic carbocycles. The van der Waals surface area contributed by atoms with Crippen LogP contribution in [0.3, 0.4) is 0 Å². The van der Waals surface area contributed by atoms with Gasteiger partial charge in [0.05, 0.1) is 29.8 Å². The number of aromatic nitrogens is 1. The summed E-state index contributed by atoms with van der Waals surface area (Å²) in [4.78, 5) is 18.4. The average Bonchev–Trinajstić information content (AvgIpc) is 2.61. The number of pyridine rings is 1. The minimum absolute atomic E-state index is 0.0102. The molecule has 1 saturated heterocycles. The molecule has 27 heavy (non-hydrogen) atoms. The minimum atomic E-state index is -0.748. The van der Waals surface area contributed by atoms with Crippen molar-refractivity contribution in [3.05, 3.63) is 53.4 Å². The number of likely N-dealkylation sites (tertiary alicyclic amines) is 1. The summed E-state index contributed by atoms with van der Waals surface area (Å²) >= 11 is 0. The predicted octanol–water partition coefficient (Wildman–Crippen LogP) is 3.87. The van der Waals surface area contributed by atoms with Crippen LogP contribution >= 0.6 is 0 Å². The van der Waals surface area contributed by atoms with Crippen LogP contribution in [0.1, 0.15) is 36.7 Å². The van der Waals surface area contributed by atoms with Crippen molar-refractivity contribution in [2.75, 3.05) is 25.0 Å². The van der Waals surface area contributed by atoms with Gasteiger partial charge in [0.15, 0.2) is 5.82 Å². The third-order valence-corrected chi connectivity index (χ3v) is 4.26. The first-order chi connectivity index (χ1) is 13.0. The standard InChI is InChI=1S/C18H20F2N4O.C2H6/c1-3-24-9-12(10-24)22-18(25)17-14(20)7-21-8-16(17)23-15-5-4-11(2)6-13(15)19;1-2/h4-8,12,23H,3,9-10H2,1-2H3,(H,22,25);1-2H3. The van der Waals surface area contributed by atoms with Crippen molar-refractivity contribution in [2.45, 2.75) is 33.7 Å². The van der Waals surface area contributed by atoms with Crippen molar-refractivity contribution < 1.29 is 13.6 Å². The summed E-state index contributed by atoms with van der Waals surface area (Å²) in [5, 5.41) is 5.58. The molecule has 1 aromatic heterocycles. The van der Waals surface area contributed by atoms with E-state index < -0.39 is 17.5 Å². The number of hydrogen-bond acceptors (Lipinski definition) is 4. The number of nitrogens with zero attached hydrogens (tertiary/aromatic N) is 2. The highest BCUT2D eigenvalue weighted by Crippen LogP contribution is 2.25. The quantitative estimate of drug-likeness (QED) is 0.832. The third kappa shape index (κ3) is 5.01. The molecule has 5 nitrogen and oxygen atoms in total. The number of carbonyl (C=O) groups is 1. The number of aryl methyl sites for hydroxylation is 1. The number of amides is 1. The Morgan fingerprint density at radius 2 is 1.89 bits per heavy atom. The molecule has 2 aromatic rings. The van der Waals surface area contributed by atoms with Crippen LogP contribution in [0.4, 0.5) is 20.2 Å². The van der Waals surface area contributed by atoms with E-state index in [1.54, 1.807) is 19.1 Å². The van der Waals surface area contributed by atoms with Crippen LogP contribution in [0.15, 0.2) is 30.6 Å². The third-order valence-electron chi connectivity index (χ3n) is 4.26. The molecule has 1 fully saturated rings. The maximum atomic E-state index is 14.2. The summed E-state index contributed by atoms with van der Waals surface area (Å²) in [6, 6.07) is 4.63. The van der Waals surface area contributed by atoms with Gasteiger partial charge in [0, 0.05) is 13.1 Å². The minimum Gasteiger partial charge on any atom is -0.351 e. The molecule has 7 heteroatoms. The van der Waals surface area contributed by atoms with E-state index in [1.165, 1.54) is 12.3 Å². The van der Waals surface area contributed by atoms with E-state index in [9.17, 15) is 13.6 Å². The number of rotatable bonds is 5. The smallest absolute Gasteiger partial charge is 0.256 e. The first-order valence-electron chi connectivity index (χ1n) is 9.17. The molecule has 1 amide bonds. The molecular formula is C20H26F2N4O. The van der Waals surface area contributed by atoms with Crippen LogP contribution in [-0.2, 0) is 0 Å². The fourth-order valence-electron chi connectivity index (χ4n) is 2.80. The van der Waals surface area contributed by atoms with Crippen LogP contribution in [-0.4, -0.2) is 41.5 Å². The van der Waals surface area contributed by atoms with E-state index in [0.717, 1.165) is 31.4 Å². The molecular weight excluding hydrogens is 350 g/mol. The summed E-state index contributed by atoms with van der Waals surface area (Å²) in [6.45, 7) is 10.2. The normalized spacial score (nSPS) is 14.0. The number of likely N-dealkylation sites (N-methyl/N-ethyl adjacent to an activating group) is 1. The van der Waals surface area contributed by atoms with Crippen LogP contribution in [0.5, 0.6) is 0 Å². The van der Waals surface area contributed by atoms with Gasteiger partial charge in [-0.15, -0.1) is 0 Å². The highest BCUT2D eigenvalue weighted by atomic mass is 19.1. The van der Waals surface area contributed by atoms with Crippen molar-refractivity contribution in [3.63, 3.8) is 0 Å². The highest BCUT2D eigenvalue weighted by Gasteiger charge is 2.28. The van der Waals surface area contributed by atoms with Crippen molar-refractivity contribution >= 4 is 17.3 Å². The first kappa shape index (κ1) is 20.8. The lowest BCUT2D eigenvalue weighted by atomic mass is 10.1. The van der Waals surface area contributed by atoms with Gasteiger partial charge in [0.1, 0.15) is 11.4 Å². The molecule has 146 valence electrons. The molecule has 2 heterocycles. The van der Waals surface area contributed by atoms with Gasteiger partial charge in [0.2, 0.25) is 0 Å². The molecule has 0 saturated carbocycles. The van der Waals surface area contributed by atoms with Gasteiger partial charge >= 0.3 is 0 Å². The second-order valence-electron chi connectivity index (χ2n) is 6.17. The molecule has 2 N–H and O–H groups in total. The lowest BCUT2D eigenvalue weighted by Crippen LogP contribution is -2.59. The van der Waals surface area contributed by atoms with Crippen LogP contribution in [0, 0.1) is 18.6 Å². The van der Waals surface area contributed by atoms with Crippen molar-refractivity contribution in [1.29, 1.82) is 0 Å². The Balaban J connectivity index is 0.00000126. The average molecular weight is 376 g/mol. The molecule has 1 aliphatic rings. The van der Waals surface area contributed by atoms with Crippen molar-refractivity contribution in [1.82, 2.24) is 15.2 Å². The van der Waals surface area contributed by atoms with Gasteiger partial charge in [-0.2, -0.15) is 0 Å². The monoisotopic (exact) mass is 376 g/mol. The fraction of sp³-hybridized carbons (Fsp3) is 0.400. The Labute approximate surface area is 158 Å². The van der Waals surface area contributed by atoms with E-state index in [2.05, 4.69) is 20.5 Å². The number of nitrogens with one attached hydrogen (secondary N) is 2. The molecule has 0 unspecified atom stereocenters. The van der Waals surface area contributed by atoms with E-state index in [4.69, 9.17) is 0 Å². The largest absolute Gasteiger partial charge is 0.351 e. The Kier molecular flexibility index (Phi) is 7.24. The summed E-state index contributed by atoms with van der Waals surface area (Å²) in [6.07, 6.45) is 2.29. The molecule has 1 aliphatic heterocycles. The predicted molar refractivity (Wildman–Crippen MR) is 103 cm³/mol. The first-order valence-corrected chi connectivity index (χ1v) is 9.17. The zero-order chi connectivity index (χ0) is 20.0. The van der Waals surface area contributed by atoms with Gasteiger partial charge < -0.3 is 10.6 Å². The summed E-state index contributed by atoms with van der Waals surface area (Å²) < 4.78 is 28.3. The Morgan fingerprint density at radius 3 is 2.52 bits per heavy atom. The number of hydrogen-bond donors (Lipinski definition) is 2. The second kappa shape index (κ2) is 9.41. The molecule has 0 radical (unpaired) electrons. The van der Waals surface area contributed by atoms with E-state index in [1.807, 2.05) is 20.8 Å². The molecule has 1 aromatic carbocycles. The summed E-state index contributed by atoms with van der Waals surface area (Å²) in [5.74, 6) is -1.76. The van der Waals surface area contributed by atoms with Crippen LogP contribution in [0.25, 0.3) is 0 Å². The topological polar surface area (TPSA) is 57.3 Å². The summed E-state index contributed by atoms with van der Waals surface area (Å²) in [5.41, 5.74) is 0.897. The van der Waals surface area contributed by atoms with Crippen LogP contribution < -0.4 is 10.6 Å². The Hall–Kier alpha value is -2.54. The zero-order valence-corrected chi connectivity index (χ0v) is 16.1.